The number of hydrogen-bond acceptors (Lipinski definition) is 3. The highest BCUT2D eigenvalue weighted by Crippen LogP contribution is 2.18. The maximum Gasteiger partial charge on any atom is 0.544 e. The Morgan fingerprint density at radius 3 is 2.53 bits per heavy atom. The summed E-state index contributed by atoms with van der Waals surface area (Å²) < 4.78 is 35.6. The second-order valence-electron chi connectivity index (χ2n) is 2.84. The van der Waals surface area contributed by atoms with Crippen molar-refractivity contribution in [3.05, 3.63) is 36.6 Å². The van der Waals surface area contributed by atoms with Crippen LogP contribution in [0.2, 0.25) is 0 Å². The smallest absolute Gasteiger partial charge is 0.508 e. The van der Waals surface area contributed by atoms with Crippen LogP contribution in [0.1, 0.15) is 6.92 Å². The van der Waals surface area contributed by atoms with E-state index in [-0.39, 0.29) is 10.8 Å². The molecule has 0 saturated heterocycles. The van der Waals surface area contributed by atoms with Gasteiger partial charge in [0.25, 0.3) is 0 Å². The number of rotatable bonds is 5. The van der Waals surface area contributed by atoms with Gasteiger partial charge in [-0.05, 0) is 12.2 Å². The summed E-state index contributed by atoms with van der Waals surface area (Å²) >= 11 is 0. The molecular formula is C10H12F3NO3. The van der Waals surface area contributed by atoms with Gasteiger partial charge in [0, 0.05) is 6.92 Å². The summed E-state index contributed by atoms with van der Waals surface area (Å²) in [6.07, 6.45) is 0.00566. The molecule has 0 aromatic carbocycles. The third-order valence-corrected chi connectivity index (χ3v) is 1.43. The summed E-state index contributed by atoms with van der Waals surface area (Å²) in [4.78, 5) is 14.2. The van der Waals surface area contributed by atoms with E-state index in [1.807, 2.05) is 0 Å². The number of hydrogen-bond donors (Lipinski definition) is 1. The Bertz CT molecular complexity index is 334. The van der Waals surface area contributed by atoms with Crippen molar-refractivity contribution in [2.24, 2.45) is 0 Å². The fourth-order valence-corrected chi connectivity index (χ4v) is 0.766. The fourth-order valence-electron chi connectivity index (χ4n) is 0.766. The molecule has 0 heterocycles. The van der Waals surface area contributed by atoms with Gasteiger partial charge in [-0.25, -0.2) is 5.06 Å². The Morgan fingerprint density at radius 1 is 1.53 bits per heavy atom. The van der Waals surface area contributed by atoms with Crippen molar-refractivity contribution in [1.82, 2.24) is 5.06 Å². The van der Waals surface area contributed by atoms with E-state index < -0.39 is 18.8 Å². The normalized spacial score (nSPS) is 12.8. The van der Waals surface area contributed by atoms with Gasteiger partial charge in [0.2, 0.25) is 5.91 Å². The number of nitrogens with zero attached hydrogens (tertiary/aromatic N) is 1. The highest BCUT2D eigenvalue weighted by Gasteiger charge is 2.34. The molecule has 4 nitrogen and oxygen atoms in total. The predicted molar refractivity (Wildman–Crippen MR) is 54.6 cm³/mol. The summed E-state index contributed by atoms with van der Waals surface area (Å²) in [6.45, 7) is 3.73. The number of aliphatic hydroxyl groups is 1. The first kappa shape index (κ1) is 15.2. The Morgan fingerprint density at radius 2 is 2.12 bits per heavy atom. The summed E-state index contributed by atoms with van der Waals surface area (Å²) in [5, 5.41) is 9.24. The Balaban J connectivity index is 4.52. The van der Waals surface area contributed by atoms with Gasteiger partial charge >= 0.3 is 6.36 Å². The number of halogens is 3. The molecule has 0 atom stereocenters. The van der Waals surface area contributed by atoms with E-state index in [2.05, 4.69) is 11.4 Å². The van der Waals surface area contributed by atoms with Crippen LogP contribution < -0.4 is 0 Å². The summed E-state index contributed by atoms with van der Waals surface area (Å²) in [6, 6.07) is 0. The molecule has 0 aromatic heterocycles. The lowest BCUT2D eigenvalue weighted by molar-refractivity contribution is -0.400. The number of aliphatic hydroxyl groups excluding tert-OH is 1. The Hall–Kier alpha value is -1.76. The number of amides is 1. The van der Waals surface area contributed by atoms with Crippen molar-refractivity contribution in [3.63, 3.8) is 0 Å². The molecule has 0 saturated carbocycles. The van der Waals surface area contributed by atoms with E-state index in [1.165, 1.54) is 18.2 Å². The lowest BCUT2D eigenvalue weighted by atomic mass is 10.4. The highest BCUT2D eigenvalue weighted by atomic mass is 19.4. The molecule has 96 valence electrons. The molecule has 0 fully saturated rings. The average Bonchev–Trinajstić information content (AvgIpc) is 2.19. The van der Waals surface area contributed by atoms with Crippen LogP contribution >= 0.6 is 0 Å². The van der Waals surface area contributed by atoms with Crippen LogP contribution in [-0.2, 0) is 9.63 Å². The van der Waals surface area contributed by atoms with Gasteiger partial charge in [0.1, 0.15) is 5.76 Å². The van der Waals surface area contributed by atoms with E-state index in [9.17, 15) is 18.0 Å². The first-order chi connectivity index (χ1) is 7.76. The van der Waals surface area contributed by atoms with Gasteiger partial charge in [-0.1, -0.05) is 18.7 Å². The summed E-state index contributed by atoms with van der Waals surface area (Å²) in [5.74, 6) is -1.24. The third-order valence-electron chi connectivity index (χ3n) is 1.43. The predicted octanol–water partition coefficient (Wildman–Crippen LogP) is 2.47. The van der Waals surface area contributed by atoms with Crippen LogP contribution in [-0.4, -0.2) is 29.0 Å². The van der Waals surface area contributed by atoms with Gasteiger partial charge in [-0.2, -0.15) is 4.84 Å². The molecule has 17 heavy (non-hydrogen) atoms. The molecular weight excluding hydrogens is 239 g/mol. The van der Waals surface area contributed by atoms with Gasteiger partial charge in [-0.15, -0.1) is 13.2 Å². The van der Waals surface area contributed by atoms with E-state index in [1.54, 1.807) is 0 Å². The Kier molecular flexibility index (Phi) is 6.05. The maximum absolute atomic E-state index is 11.9. The van der Waals surface area contributed by atoms with E-state index in [0.717, 1.165) is 13.0 Å². The third kappa shape index (κ3) is 8.09. The molecule has 0 aliphatic carbocycles. The molecule has 1 amide bonds. The zero-order chi connectivity index (χ0) is 13.5. The van der Waals surface area contributed by atoms with Crippen molar-refractivity contribution >= 4 is 5.91 Å². The molecule has 0 spiro atoms. The van der Waals surface area contributed by atoms with Crippen LogP contribution in [0.5, 0.6) is 0 Å². The average molecular weight is 251 g/mol. The van der Waals surface area contributed by atoms with Crippen molar-refractivity contribution in [1.29, 1.82) is 0 Å². The molecule has 0 aliphatic rings. The highest BCUT2D eigenvalue weighted by molar-refractivity contribution is 5.72. The molecule has 7 heteroatoms. The van der Waals surface area contributed by atoms with Crippen molar-refractivity contribution in [3.8, 4) is 0 Å². The quantitative estimate of drug-likeness (QED) is 0.464. The standard InChI is InChI=1S/C10H12F3NO3/c1-3-4-5-9(16)6-7-14(8(2)15)17-10(11,12)13/h3-6,16H,1,7H2,2H3/b5-4-,9-6+. The van der Waals surface area contributed by atoms with E-state index >= 15 is 0 Å². The maximum atomic E-state index is 11.9. The lowest BCUT2D eigenvalue weighted by Gasteiger charge is -2.19. The minimum Gasteiger partial charge on any atom is -0.508 e. The van der Waals surface area contributed by atoms with Crippen LogP contribution in [0.25, 0.3) is 0 Å². The largest absolute Gasteiger partial charge is 0.544 e. The fraction of sp³-hybridized carbons (Fsp3) is 0.300. The second-order valence-corrected chi connectivity index (χ2v) is 2.84. The number of hydroxylamine groups is 2. The summed E-state index contributed by atoms with van der Waals surface area (Å²) in [5.41, 5.74) is 0. The topological polar surface area (TPSA) is 49.8 Å². The molecule has 0 aliphatic heterocycles. The van der Waals surface area contributed by atoms with Crippen LogP contribution in [0.3, 0.4) is 0 Å². The number of carbonyl (C=O) groups is 1. The van der Waals surface area contributed by atoms with E-state index in [4.69, 9.17) is 5.11 Å². The molecule has 0 unspecified atom stereocenters. The zero-order valence-electron chi connectivity index (χ0n) is 9.07. The number of carbonyl (C=O) groups excluding carboxylic acids is 1. The monoisotopic (exact) mass is 251 g/mol. The van der Waals surface area contributed by atoms with Gasteiger partial charge in [-0.3, -0.25) is 4.79 Å². The van der Waals surface area contributed by atoms with E-state index in [0.29, 0.717) is 0 Å². The summed E-state index contributed by atoms with van der Waals surface area (Å²) in [7, 11) is 0. The number of alkyl halides is 3. The number of allylic oxidation sites excluding steroid dienone is 3. The Labute approximate surface area is 96.2 Å². The van der Waals surface area contributed by atoms with Gasteiger partial charge < -0.3 is 5.11 Å². The van der Waals surface area contributed by atoms with Crippen LogP contribution in [0.15, 0.2) is 36.6 Å². The van der Waals surface area contributed by atoms with Crippen LogP contribution in [0, 0.1) is 0 Å². The second kappa shape index (κ2) is 6.74. The van der Waals surface area contributed by atoms with Crippen LogP contribution in [0.4, 0.5) is 13.2 Å². The van der Waals surface area contributed by atoms with Crippen molar-refractivity contribution in [2.75, 3.05) is 6.54 Å². The zero-order valence-corrected chi connectivity index (χ0v) is 9.07. The van der Waals surface area contributed by atoms with Gasteiger partial charge in [0.05, 0.1) is 6.54 Å². The minimum atomic E-state index is -4.95. The SMILES string of the molecule is C=C/C=C\C(O)=C/CN(OC(F)(F)F)C(C)=O. The molecule has 0 aromatic rings. The van der Waals surface area contributed by atoms with Crippen molar-refractivity contribution in [2.45, 2.75) is 13.3 Å². The minimum absolute atomic E-state index is 0.0813. The van der Waals surface area contributed by atoms with Gasteiger partial charge in [0.15, 0.2) is 0 Å². The molecule has 0 radical (unpaired) electrons. The molecule has 0 bridgehead atoms. The molecule has 0 rings (SSSR count). The first-order valence-corrected chi connectivity index (χ1v) is 4.48. The first-order valence-electron chi connectivity index (χ1n) is 4.48. The lowest BCUT2D eigenvalue weighted by Crippen LogP contribution is -2.35. The van der Waals surface area contributed by atoms with Crippen molar-refractivity contribution < 1.29 is 27.9 Å². The molecule has 1 N–H and O–H groups in total.